The van der Waals surface area contributed by atoms with Gasteiger partial charge in [0.05, 0.1) is 25.4 Å². The monoisotopic (exact) mass is 1250 g/mol. The van der Waals surface area contributed by atoms with Crippen LogP contribution >= 0.6 is 0 Å². The molecule has 0 spiro atoms. The van der Waals surface area contributed by atoms with Gasteiger partial charge in [0, 0.05) is 6.42 Å². The Morgan fingerprint density at radius 3 is 1.22 bits per heavy atom. The predicted molar refractivity (Wildman–Crippen MR) is 375 cm³/mol. The van der Waals surface area contributed by atoms with E-state index in [1.807, 2.05) is 6.08 Å². The van der Waals surface area contributed by atoms with Gasteiger partial charge in [-0.15, -0.1) is 0 Å². The molecule has 0 aromatic rings. The van der Waals surface area contributed by atoms with Gasteiger partial charge < -0.3 is 45.1 Å². The average molecular weight is 1250 g/mol. The Kier molecular flexibility index (Phi) is 61.2. The molecule has 1 aliphatic heterocycles. The second-order valence-electron chi connectivity index (χ2n) is 25.6. The zero-order valence-electron chi connectivity index (χ0n) is 57.5. The van der Waals surface area contributed by atoms with Gasteiger partial charge in [-0.3, -0.25) is 9.59 Å². The molecule has 516 valence electrons. The van der Waals surface area contributed by atoms with Gasteiger partial charge in [-0.05, 0) is 96.3 Å². The Bertz CT molecular complexity index is 1780. The van der Waals surface area contributed by atoms with Gasteiger partial charge in [-0.25, -0.2) is 0 Å². The van der Waals surface area contributed by atoms with Crippen LogP contribution in [0, 0.1) is 0 Å². The Morgan fingerprint density at radius 1 is 0.449 bits per heavy atom. The molecule has 1 fully saturated rings. The van der Waals surface area contributed by atoms with Gasteiger partial charge in [0.1, 0.15) is 24.4 Å². The minimum absolute atomic E-state index is 0.122. The number of esters is 1. The number of rotatable bonds is 64. The van der Waals surface area contributed by atoms with E-state index in [0.717, 1.165) is 109 Å². The van der Waals surface area contributed by atoms with E-state index in [0.29, 0.717) is 12.8 Å². The van der Waals surface area contributed by atoms with Crippen molar-refractivity contribution in [1.29, 1.82) is 0 Å². The van der Waals surface area contributed by atoms with Crippen molar-refractivity contribution in [3.63, 3.8) is 0 Å². The standard InChI is InChI=1S/C78H139NO10/c1-4-7-10-13-16-19-22-24-26-28-30-32-34-35-36-37-38-40-42-44-46-48-51-54-57-60-63-66-73(83)89-76-75(85)74(84)72(67-80)88-78(76)87-68-69(70(81)64-61-58-55-52-49-21-18-15-12-9-6-3)79-77(86)71(82)65-62-59-56-53-50-47-45-43-41-39-33-31-29-27-25-23-20-17-14-11-8-5-2/h8,11,17,20,24-27,31,33,41,43,61,64,69-72,74-76,78,80-82,84-85H,4-7,9-10,12-16,18-19,21-23,28-30,32,34-40,42,44-60,62-63,65-68H2,1-3H3,(H,79,86)/b11-8-,20-17-,26-24+,27-25-,33-31-,43-41-,64-61+. The number of carbonyl (C=O) groups is 2. The number of aliphatic hydroxyl groups is 5. The lowest BCUT2D eigenvalue weighted by Crippen LogP contribution is -2.61. The van der Waals surface area contributed by atoms with Crippen molar-refractivity contribution >= 4 is 11.9 Å². The first kappa shape index (κ1) is 83.9. The molecule has 0 aromatic heterocycles. The van der Waals surface area contributed by atoms with Crippen LogP contribution in [-0.4, -0.2) is 99.6 Å². The number of nitrogens with one attached hydrogen (secondary N) is 1. The molecule has 1 saturated heterocycles. The summed E-state index contributed by atoms with van der Waals surface area (Å²) in [5.41, 5.74) is 0. The van der Waals surface area contributed by atoms with Gasteiger partial charge in [-0.2, -0.15) is 0 Å². The van der Waals surface area contributed by atoms with Crippen molar-refractivity contribution in [3.05, 3.63) is 85.1 Å². The minimum Gasteiger partial charge on any atom is -0.454 e. The van der Waals surface area contributed by atoms with E-state index in [2.05, 4.69) is 99.0 Å². The van der Waals surface area contributed by atoms with Crippen molar-refractivity contribution in [1.82, 2.24) is 5.32 Å². The first-order valence-corrected chi connectivity index (χ1v) is 37.4. The number of amides is 1. The molecule has 1 amide bonds. The van der Waals surface area contributed by atoms with Crippen LogP contribution in [-0.2, 0) is 23.8 Å². The fraction of sp³-hybridized carbons (Fsp3) is 0.795. The van der Waals surface area contributed by atoms with Crippen LogP contribution in [0.2, 0.25) is 0 Å². The van der Waals surface area contributed by atoms with Gasteiger partial charge in [0.25, 0.3) is 0 Å². The molecule has 8 atom stereocenters. The fourth-order valence-corrected chi connectivity index (χ4v) is 11.4. The lowest BCUT2D eigenvalue weighted by atomic mass is 9.99. The molecular weight excluding hydrogens is 1110 g/mol. The number of allylic oxidation sites excluding steroid dienone is 13. The summed E-state index contributed by atoms with van der Waals surface area (Å²) in [4.78, 5) is 26.7. The number of unbranched alkanes of at least 4 members (excludes halogenated alkanes) is 38. The fourth-order valence-electron chi connectivity index (χ4n) is 11.4. The van der Waals surface area contributed by atoms with E-state index < -0.39 is 67.4 Å². The number of hydrogen-bond donors (Lipinski definition) is 6. The van der Waals surface area contributed by atoms with Crippen LogP contribution in [0.4, 0.5) is 0 Å². The van der Waals surface area contributed by atoms with Crippen molar-refractivity contribution in [3.8, 4) is 0 Å². The molecule has 0 saturated carbocycles. The highest BCUT2D eigenvalue weighted by atomic mass is 16.7. The topological polar surface area (TPSA) is 175 Å². The summed E-state index contributed by atoms with van der Waals surface area (Å²) >= 11 is 0. The first-order valence-electron chi connectivity index (χ1n) is 37.4. The van der Waals surface area contributed by atoms with Gasteiger partial charge in [-0.1, -0.05) is 318 Å². The zero-order valence-corrected chi connectivity index (χ0v) is 57.5. The number of carbonyl (C=O) groups excluding carboxylic acids is 2. The van der Waals surface area contributed by atoms with Crippen LogP contribution in [0.25, 0.3) is 0 Å². The number of hydrogen-bond acceptors (Lipinski definition) is 10. The third kappa shape index (κ3) is 52.0. The largest absolute Gasteiger partial charge is 0.454 e. The molecule has 0 aromatic carbocycles. The van der Waals surface area contributed by atoms with Gasteiger partial charge in [0.2, 0.25) is 5.91 Å². The smallest absolute Gasteiger partial charge is 0.306 e. The summed E-state index contributed by atoms with van der Waals surface area (Å²) < 4.78 is 17.7. The molecule has 1 rings (SSSR count). The molecule has 0 aliphatic carbocycles. The molecule has 0 bridgehead atoms. The summed E-state index contributed by atoms with van der Waals surface area (Å²) in [7, 11) is 0. The van der Waals surface area contributed by atoms with Crippen molar-refractivity contribution in [2.75, 3.05) is 13.2 Å². The highest BCUT2D eigenvalue weighted by Crippen LogP contribution is 2.26. The van der Waals surface area contributed by atoms with E-state index in [-0.39, 0.29) is 19.4 Å². The minimum atomic E-state index is -1.62. The third-order valence-electron chi connectivity index (χ3n) is 17.3. The van der Waals surface area contributed by atoms with Crippen LogP contribution in [0.5, 0.6) is 0 Å². The Hall–Kier alpha value is -3.16. The zero-order chi connectivity index (χ0) is 64.6. The summed E-state index contributed by atoms with van der Waals surface area (Å²) in [5.74, 6) is -1.20. The van der Waals surface area contributed by atoms with E-state index in [9.17, 15) is 35.1 Å². The maximum Gasteiger partial charge on any atom is 0.306 e. The first-order chi connectivity index (χ1) is 43.7. The summed E-state index contributed by atoms with van der Waals surface area (Å²) in [6, 6.07) is -1.03. The lowest BCUT2D eigenvalue weighted by molar-refractivity contribution is -0.305. The van der Waals surface area contributed by atoms with Crippen LogP contribution in [0.1, 0.15) is 335 Å². The Balaban J connectivity index is 2.52. The van der Waals surface area contributed by atoms with E-state index in [1.54, 1.807) is 6.08 Å². The summed E-state index contributed by atoms with van der Waals surface area (Å²) in [6.45, 7) is 5.70. The van der Waals surface area contributed by atoms with E-state index >= 15 is 0 Å². The molecule has 0 radical (unpaired) electrons. The molecule has 1 aliphatic rings. The van der Waals surface area contributed by atoms with Crippen molar-refractivity contribution in [2.45, 2.75) is 384 Å². The van der Waals surface area contributed by atoms with Crippen molar-refractivity contribution in [2.24, 2.45) is 0 Å². The number of aliphatic hydroxyl groups excluding tert-OH is 5. The van der Waals surface area contributed by atoms with Crippen LogP contribution in [0.15, 0.2) is 85.1 Å². The molecule has 8 unspecified atom stereocenters. The predicted octanol–water partition coefficient (Wildman–Crippen LogP) is 19.6. The summed E-state index contributed by atoms with van der Waals surface area (Å²) in [5, 5.41) is 57.3. The van der Waals surface area contributed by atoms with E-state index in [4.69, 9.17) is 14.2 Å². The molecule has 6 N–H and O–H groups in total. The normalized spacial score (nSPS) is 18.6. The van der Waals surface area contributed by atoms with Crippen LogP contribution < -0.4 is 5.32 Å². The SMILES string of the molecule is CC/C=C\C/C=C\C/C=C\C/C=C\C/C=C\CCCCCCCCC(O)C(=O)NC(COC1OC(CO)C(O)C(O)C1OC(=O)CCCCCCCCCCCCCCCCCCC/C=C/CCCCCCCC)C(O)/C=C/CCCCCCCCCCC. The quantitative estimate of drug-likeness (QED) is 0.0195. The van der Waals surface area contributed by atoms with Crippen molar-refractivity contribution < 1.29 is 49.3 Å². The second kappa shape index (κ2) is 64.9. The maximum atomic E-state index is 13.5. The molecule has 1 heterocycles. The van der Waals surface area contributed by atoms with Crippen LogP contribution in [0.3, 0.4) is 0 Å². The average Bonchev–Trinajstić information content (AvgIpc) is 2.36. The third-order valence-corrected chi connectivity index (χ3v) is 17.3. The number of ether oxygens (including phenoxy) is 3. The molecular formula is C78H139NO10. The highest BCUT2D eigenvalue weighted by molar-refractivity contribution is 5.80. The Labute approximate surface area is 546 Å². The molecule has 11 nitrogen and oxygen atoms in total. The summed E-state index contributed by atoms with van der Waals surface area (Å²) in [6.07, 6.45) is 76.4. The van der Waals surface area contributed by atoms with Gasteiger partial charge >= 0.3 is 5.97 Å². The van der Waals surface area contributed by atoms with E-state index in [1.165, 1.54) is 180 Å². The van der Waals surface area contributed by atoms with Gasteiger partial charge in [0.15, 0.2) is 12.4 Å². The maximum absolute atomic E-state index is 13.5. The highest BCUT2D eigenvalue weighted by Gasteiger charge is 2.47. The lowest BCUT2D eigenvalue weighted by Gasteiger charge is -2.41. The molecule has 11 heteroatoms. The molecule has 89 heavy (non-hydrogen) atoms. The Morgan fingerprint density at radius 2 is 0.809 bits per heavy atom. The second-order valence-corrected chi connectivity index (χ2v) is 25.6.